The number of rotatable bonds is 3. The van der Waals surface area contributed by atoms with E-state index in [-0.39, 0.29) is 0 Å². The van der Waals surface area contributed by atoms with Gasteiger partial charge in [0.1, 0.15) is 0 Å². The van der Waals surface area contributed by atoms with E-state index in [2.05, 4.69) is 18.7 Å². The monoisotopic (exact) mass is 262 g/mol. The summed E-state index contributed by atoms with van der Waals surface area (Å²) in [6, 6.07) is 7.57. The Kier molecular flexibility index (Phi) is 4.48. The van der Waals surface area contributed by atoms with Gasteiger partial charge in [-0.2, -0.15) is 0 Å². The number of aliphatic hydroxyl groups excluding tert-OH is 1. The molecule has 1 aromatic carbocycles. The van der Waals surface area contributed by atoms with Crippen molar-refractivity contribution in [3.8, 4) is 0 Å². The second kappa shape index (κ2) is 5.93. The summed E-state index contributed by atoms with van der Waals surface area (Å²) in [4.78, 5) is 2.38. The van der Waals surface area contributed by atoms with Gasteiger partial charge in [0.05, 0.1) is 6.10 Å². The van der Waals surface area contributed by atoms with Crippen LogP contribution in [-0.4, -0.2) is 29.6 Å². The van der Waals surface area contributed by atoms with Crippen LogP contribution in [0.3, 0.4) is 0 Å². The molecule has 0 aliphatic carbocycles. The third kappa shape index (κ3) is 4.22. The number of benzene rings is 1. The van der Waals surface area contributed by atoms with Crippen molar-refractivity contribution in [2.75, 3.05) is 25.4 Å². The highest BCUT2D eigenvalue weighted by molar-refractivity contribution is 5.41. The molecular formula is C16H26N2O. The second-order valence-electron chi connectivity index (χ2n) is 6.50. The Morgan fingerprint density at radius 3 is 2.84 bits per heavy atom. The fourth-order valence-corrected chi connectivity index (χ4v) is 2.78. The second-order valence-corrected chi connectivity index (χ2v) is 6.50. The molecule has 1 aromatic rings. The third-order valence-corrected chi connectivity index (χ3v) is 4.16. The maximum absolute atomic E-state index is 10.3. The van der Waals surface area contributed by atoms with Gasteiger partial charge in [-0.05, 0) is 55.5 Å². The lowest BCUT2D eigenvalue weighted by Gasteiger charge is -2.25. The predicted octanol–water partition coefficient (Wildman–Crippen LogP) is 2.81. The predicted molar refractivity (Wildman–Crippen MR) is 79.9 cm³/mol. The van der Waals surface area contributed by atoms with Crippen LogP contribution in [0.4, 0.5) is 5.69 Å². The van der Waals surface area contributed by atoms with Crippen LogP contribution in [0, 0.1) is 5.41 Å². The van der Waals surface area contributed by atoms with Gasteiger partial charge < -0.3 is 15.7 Å². The van der Waals surface area contributed by atoms with Crippen molar-refractivity contribution < 1.29 is 5.11 Å². The molecule has 1 aliphatic rings. The van der Waals surface area contributed by atoms with Gasteiger partial charge in [-0.3, -0.25) is 0 Å². The molecule has 3 heteroatoms. The molecule has 3 nitrogen and oxygen atoms in total. The maximum atomic E-state index is 10.3. The van der Waals surface area contributed by atoms with Crippen molar-refractivity contribution in [2.45, 2.75) is 39.2 Å². The van der Waals surface area contributed by atoms with Crippen LogP contribution < -0.4 is 5.73 Å². The first-order valence-electron chi connectivity index (χ1n) is 7.22. The van der Waals surface area contributed by atoms with Crippen molar-refractivity contribution in [3.05, 3.63) is 29.8 Å². The van der Waals surface area contributed by atoms with Crippen LogP contribution in [0.2, 0.25) is 0 Å². The van der Waals surface area contributed by atoms with E-state index in [1.165, 1.54) is 19.3 Å². The number of hydrogen-bond acceptors (Lipinski definition) is 3. The summed E-state index contributed by atoms with van der Waals surface area (Å²) in [5.74, 6) is 0. The molecule has 0 bridgehead atoms. The first-order chi connectivity index (χ1) is 8.96. The Balaban J connectivity index is 1.93. The quantitative estimate of drug-likeness (QED) is 0.824. The molecule has 0 spiro atoms. The van der Waals surface area contributed by atoms with Gasteiger partial charge >= 0.3 is 0 Å². The van der Waals surface area contributed by atoms with Crippen molar-refractivity contribution >= 4 is 5.69 Å². The number of nitrogens with two attached hydrogens (primary N) is 1. The molecule has 1 saturated heterocycles. The smallest absolute Gasteiger partial charge is 0.0917 e. The van der Waals surface area contributed by atoms with Gasteiger partial charge in [0.2, 0.25) is 0 Å². The molecule has 0 saturated carbocycles. The van der Waals surface area contributed by atoms with Gasteiger partial charge in [0.15, 0.2) is 0 Å². The Morgan fingerprint density at radius 1 is 1.32 bits per heavy atom. The fraction of sp³-hybridized carbons (Fsp3) is 0.625. The fourth-order valence-electron chi connectivity index (χ4n) is 2.78. The topological polar surface area (TPSA) is 49.5 Å². The summed E-state index contributed by atoms with van der Waals surface area (Å²) in [7, 11) is 0. The van der Waals surface area contributed by atoms with Crippen molar-refractivity contribution in [3.63, 3.8) is 0 Å². The molecule has 106 valence electrons. The lowest BCUT2D eigenvalue weighted by Crippen LogP contribution is -2.30. The first-order valence-corrected chi connectivity index (χ1v) is 7.22. The van der Waals surface area contributed by atoms with E-state index in [4.69, 9.17) is 5.73 Å². The number of hydrogen-bond donors (Lipinski definition) is 2. The van der Waals surface area contributed by atoms with Crippen LogP contribution in [-0.2, 0) is 0 Å². The summed E-state index contributed by atoms with van der Waals surface area (Å²) in [6.45, 7) is 7.55. The highest BCUT2D eigenvalue weighted by atomic mass is 16.3. The van der Waals surface area contributed by atoms with Gasteiger partial charge in [0, 0.05) is 12.2 Å². The number of β-amino-alcohol motifs (C(OH)–C–C–N with tert-alkyl or cyclic N) is 1. The minimum absolute atomic E-state index is 0.440. The summed E-state index contributed by atoms with van der Waals surface area (Å²) < 4.78 is 0. The molecule has 1 heterocycles. The van der Waals surface area contributed by atoms with E-state index < -0.39 is 6.10 Å². The molecule has 0 aromatic heterocycles. The molecular weight excluding hydrogens is 236 g/mol. The number of nitrogens with zero attached hydrogens (tertiary/aromatic N) is 1. The highest BCUT2D eigenvalue weighted by Crippen LogP contribution is 2.30. The summed E-state index contributed by atoms with van der Waals surface area (Å²) in [6.07, 6.45) is 3.26. The molecule has 1 fully saturated rings. The average molecular weight is 262 g/mol. The number of aliphatic hydroxyl groups is 1. The van der Waals surface area contributed by atoms with E-state index in [0.29, 0.717) is 17.6 Å². The van der Waals surface area contributed by atoms with Crippen molar-refractivity contribution in [2.24, 2.45) is 5.41 Å². The summed E-state index contributed by atoms with van der Waals surface area (Å²) in [5.41, 5.74) is 7.84. The van der Waals surface area contributed by atoms with E-state index >= 15 is 0 Å². The largest absolute Gasteiger partial charge is 0.399 e. The van der Waals surface area contributed by atoms with E-state index in [0.717, 1.165) is 18.7 Å². The normalized spacial score (nSPS) is 21.8. The van der Waals surface area contributed by atoms with E-state index in [1.807, 2.05) is 24.3 Å². The molecule has 0 radical (unpaired) electrons. The van der Waals surface area contributed by atoms with Crippen LogP contribution in [0.1, 0.15) is 44.8 Å². The molecule has 1 atom stereocenters. The van der Waals surface area contributed by atoms with Gasteiger partial charge in [-0.25, -0.2) is 0 Å². The molecule has 19 heavy (non-hydrogen) atoms. The Labute approximate surface area is 116 Å². The number of anilines is 1. The zero-order valence-corrected chi connectivity index (χ0v) is 12.1. The third-order valence-electron chi connectivity index (χ3n) is 4.16. The van der Waals surface area contributed by atoms with Crippen molar-refractivity contribution in [1.82, 2.24) is 4.90 Å². The zero-order valence-electron chi connectivity index (χ0n) is 12.1. The number of nitrogen functional groups attached to an aromatic ring is 1. The molecule has 0 amide bonds. The van der Waals surface area contributed by atoms with E-state index in [1.54, 1.807) is 0 Å². The molecule has 1 aliphatic heterocycles. The molecule has 3 N–H and O–H groups in total. The lowest BCUT2D eigenvalue weighted by molar-refractivity contribution is 0.113. The summed E-state index contributed by atoms with van der Waals surface area (Å²) >= 11 is 0. The van der Waals surface area contributed by atoms with Gasteiger partial charge in [0.25, 0.3) is 0 Å². The lowest BCUT2D eigenvalue weighted by atomic mass is 9.85. The molecule has 2 rings (SSSR count). The average Bonchev–Trinajstić information content (AvgIpc) is 2.51. The highest BCUT2D eigenvalue weighted by Gasteiger charge is 2.24. The zero-order chi connectivity index (χ0) is 13.9. The van der Waals surface area contributed by atoms with Crippen LogP contribution >= 0.6 is 0 Å². The summed E-state index contributed by atoms with van der Waals surface area (Å²) in [5, 5.41) is 10.3. The maximum Gasteiger partial charge on any atom is 0.0917 e. The van der Waals surface area contributed by atoms with Crippen LogP contribution in [0.5, 0.6) is 0 Å². The minimum atomic E-state index is -0.440. The van der Waals surface area contributed by atoms with Crippen LogP contribution in [0.25, 0.3) is 0 Å². The van der Waals surface area contributed by atoms with Gasteiger partial charge in [-0.15, -0.1) is 0 Å². The Hall–Kier alpha value is -1.06. The van der Waals surface area contributed by atoms with Gasteiger partial charge in [-0.1, -0.05) is 26.0 Å². The Morgan fingerprint density at radius 2 is 2.11 bits per heavy atom. The minimum Gasteiger partial charge on any atom is -0.399 e. The SMILES string of the molecule is CC1(C)CCCN(CC(O)c2cccc(N)c2)CC1. The molecule has 1 unspecified atom stereocenters. The van der Waals surface area contributed by atoms with Crippen molar-refractivity contribution in [1.29, 1.82) is 0 Å². The Bertz CT molecular complexity index is 417. The van der Waals surface area contributed by atoms with Crippen LogP contribution in [0.15, 0.2) is 24.3 Å². The first kappa shape index (κ1) is 14.4. The number of likely N-dealkylation sites (tertiary alicyclic amines) is 1. The standard InChI is InChI=1S/C16H26N2O/c1-16(2)7-4-9-18(10-8-16)12-15(19)13-5-3-6-14(17)11-13/h3,5-6,11,15,19H,4,7-10,12,17H2,1-2H3. The van der Waals surface area contributed by atoms with E-state index in [9.17, 15) is 5.11 Å².